The lowest BCUT2D eigenvalue weighted by atomic mass is 9.93. The summed E-state index contributed by atoms with van der Waals surface area (Å²) in [5.74, 6) is -1.68. The van der Waals surface area contributed by atoms with Gasteiger partial charge in [0.25, 0.3) is 0 Å². The third-order valence-corrected chi connectivity index (χ3v) is 10.6. The highest BCUT2D eigenvalue weighted by Crippen LogP contribution is 2.29. The first kappa shape index (κ1) is 44.8. The summed E-state index contributed by atoms with van der Waals surface area (Å²) < 4.78 is 11.9. The number of allylic oxidation sites excluding steroid dienone is 1. The van der Waals surface area contributed by atoms with E-state index >= 15 is 0 Å². The van der Waals surface area contributed by atoms with Crippen LogP contribution in [0, 0.1) is 17.8 Å². The van der Waals surface area contributed by atoms with Crippen molar-refractivity contribution in [1.29, 1.82) is 0 Å². The van der Waals surface area contributed by atoms with Crippen molar-refractivity contribution in [3.63, 3.8) is 0 Å². The fourth-order valence-corrected chi connectivity index (χ4v) is 7.54. The molecule has 0 unspecified atom stereocenters. The van der Waals surface area contributed by atoms with Gasteiger partial charge in [-0.1, -0.05) is 76.6 Å². The Morgan fingerprint density at radius 3 is 2.04 bits per heavy atom. The van der Waals surface area contributed by atoms with Crippen LogP contribution in [0.1, 0.15) is 86.3 Å². The quantitative estimate of drug-likeness (QED) is 0.183. The van der Waals surface area contributed by atoms with Crippen LogP contribution in [0.15, 0.2) is 42.0 Å². The van der Waals surface area contributed by atoms with Crippen molar-refractivity contribution in [3.05, 3.63) is 47.5 Å². The zero-order chi connectivity index (χ0) is 39.4. The number of carbonyl (C=O) groups excluding carboxylic acids is 4. The number of likely N-dealkylation sites (tertiary alicyclic amines) is 1. The Bertz CT molecular complexity index is 1330. The molecule has 1 aliphatic rings. The SMILES string of the molecule is C/C=C(/C)[C@@H]([C@@H](CC(=O)N1CCC[C@H]1[C@H](OC)[C@@H](C)C(=O)N[C@H](C)[C@@H](O)c1ccccc1)OC)N(C)C(=O)[C@@H](NC(=O)[C@H](C(C)C)N(C)C)C(C)C. The van der Waals surface area contributed by atoms with E-state index in [1.807, 2.05) is 96.9 Å². The zero-order valence-electron chi connectivity index (χ0n) is 33.9. The number of aliphatic hydroxyl groups excluding tert-OH is 1. The molecule has 3 N–H and O–H groups in total. The van der Waals surface area contributed by atoms with Crippen LogP contribution in [0.5, 0.6) is 0 Å². The summed E-state index contributed by atoms with van der Waals surface area (Å²) in [7, 11) is 8.48. The van der Waals surface area contributed by atoms with Gasteiger partial charge in [0.2, 0.25) is 23.6 Å². The number of amides is 4. The van der Waals surface area contributed by atoms with Crippen molar-refractivity contribution in [2.45, 2.75) is 123 Å². The number of ether oxygens (including phenoxy) is 2. The summed E-state index contributed by atoms with van der Waals surface area (Å²) in [6.07, 6.45) is 1.16. The molecule has 0 spiro atoms. The molecule has 1 heterocycles. The highest BCUT2D eigenvalue weighted by molar-refractivity contribution is 5.90. The summed E-state index contributed by atoms with van der Waals surface area (Å²) in [5, 5.41) is 16.8. The lowest BCUT2D eigenvalue weighted by Gasteiger charge is -2.39. The maximum absolute atomic E-state index is 14.2. The number of benzene rings is 1. The molecule has 0 saturated carbocycles. The van der Waals surface area contributed by atoms with Crippen LogP contribution in [-0.4, -0.2) is 128 Å². The molecule has 0 aromatic heterocycles. The maximum atomic E-state index is 14.2. The summed E-state index contributed by atoms with van der Waals surface area (Å²) in [5.41, 5.74) is 1.56. The Morgan fingerprint density at radius 1 is 0.923 bits per heavy atom. The van der Waals surface area contributed by atoms with Crippen LogP contribution in [0.3, 0.4) is 0 Å². The average molecular weight is 730 g/mol. The van der Waals surface area contributed by atoms with Gasteiger partial charge in [0, 0.05) is 27.8 Å². The molecule has 9 atom stereocenters. The number of aliphatic hydroxyl groups is 1. The number of likely N-dealkylation sites (N-methyl/N-ethyl adjacent to an activating group) is 2. The first-order chi connectivity index (χ1) is 24.4. The molecule has 2 rings (SSSR count). The molecule has 1 fully saturated rings. The number of carbonyl (C=O) groups is 4. The van der Waals surface area contributed by atoms with Crippen LogP contribution in [-0.2, 0) is 28.7 Å². The topological polar surface area (TPSA) is 141 Å². The molecule has 1 saturated heterocycles. The molecule has 1 aromatic rings. The second kappa shape index (κ2) is 20.8. The molecule has 1 aliphatic heterocycles. The van der Waals surface area contributed by atoms with Gasteiger partial charge in [0.05, 0.1) is 54.8 Å². The standard InChI is InChI=1S/C40H67N5O7/c1-14-26(6)35(44(11)40(50)33(24(2)3)42-39(49)34(25(4)5)43(9)10)31(51-12)23-32(46)45-22-18-21-30(45)37(52-13)27(7)38(48)41-28(8)36(47)29-19-16-15-17-20-29/h14-17,19-20,24-25,27-28,30-31,33-37,47H,18,21-23H2,1-13H3,(H,41,48)(H,42,49)/b26-14-/t27-,28-,30+,31-,33+,34+,35+,36-,37-/m1/s1. The van der Waals surface area contributed by atoms with Crippen molar-refractivity contribution in [1.82, 2.24) is 25.3 Å². The van der Waals surface area contributed by atoms with Gasteiger partial charge < -0.3 is 35.0 Å². The fraction of sp³-hybridized carbons (Fsp3) is 0.700. The van der Waals surface area contributed by atoms with Crippen molar-refractivity contribution in [3.8, 4) is 0 Å². The van der Waals surface area contributed by atoms with E-state index in [0.717, 1.165) is 12.0 Å². The fourth-order valence-electron chi connectivity index (χ4n) is 7.54. The van der Waals surface area contributed by atoms with E-state index in [1.54, 1.807) is 37.8 Å². The molecule has 0 radical (unpaired) electrons. The van der Waals surface area contributed by atoms with Crippen LogP contribution >= 0.6 is 0 Å². The summed E-state index contributed by atoms with van der Waals surface area (Å²) in [6.45, 7) is 15.6. The molecule has 294 valence electrons. The van der Waals surface area contributed by atoms with E-state index in [2.05, 4.69) is 10.6 Å². The van der Waals surface area contributed by atoms with Crippen molar-refractivity contribution in [2.75, 3.05) is 41.9 Å². The second-order valence-electron chi connectivity index (χ2n) is 15.2. The van der Waals surface area contributed by atoms with Gasteiger partial charge in [0.15, 0.2) is 0 Å². The van der Waals surface area contributed by atoms with Gasteiger partial charge in [-0.2, -0.15) is 0 Å². The molecule has 4 amide bonds. The highest BCUT2D eigenvalue weighted by atomic mass is 16.5. The van der Waals surface area contributed by atoms with Crippen LogP contribution in [0.25, 0.3) is 0 Å². The minimum absolute atomic E-state index is 0.00740. The van der Waals surface area contributed by atoms with Gasteiger partial charge in [0.1, 0.15) is 6.04 Å². The van der Waals surface area contributed by atoms with E-state index in [-0.39, 0.29) is 47.9 Å². The Hall–Kier alpha value is -3.32. The largest absolute Gasteiger partial charge is 0.386 e. The van der Waals surface area contributed by atoms with E-state index in [0.29, 0.717) is 18.5 Å². The van der Waals surface area contributed by atoms with Gasteiger partial charge in [-0.05, 0) is 65.1 Å². The second-order valence-corrected chi connectivity index (χ2v) is 15.2. The summed E-state index contributed by atoms with van der Waals surface area (Å²) in [4.78, 5) is 60.4. The molecular weight excluding hydrogens is 662 g/mol. The van der Waals surface area contributed by atoms with Gasteiger partial charge >= 0.3 is 0 Å². The Morgan fingerprint density at radius 2 is 1.54 bits per heavy atom. The third kappa shape index (κ3) is 11.3. The molecular formula is C40H67N5O7. The van der Waals surface area contributed by atoms with Gasteiger partial charge in [-0.3, -0.25) is 24.1 Å². The van der Waals surface area contributed by atoms with E-state index in [1.165, 1.54) is 7.11 Å². The minimum Gasteiger partial charge on any atom is -0.386 e. The average Bonchev–Trinajstić information content (AvgIpc) is 3.59. The molecule has 0 aliphatic carbocycles. The van der Waals surface area contributed by atoms with Crippen LogP contribution in [0.2, 0.25) is 0 Å². The van der Waals surface area contributed by atoms with Gasteiger partial charge in [-0.25, -0.2) is 0 Å². The molecule has 1 aromatic carbocycles. The maximum Gasteiger partial charge on any atom is 0.245 e. The van der Waals surface area contributed by atoms with Crippen LogP contribution in [0.4, 0.5) is 0 Å². The van der Waals surface area contributed by atoms with Crippen molar-refractivity contribution < 1.29 is 33.8 Å². The Labute approximate surface area is 312 Å². The summed E-state index contributed by atoms with van der Waals surface area (Å²) in [6, 6.07) is 6.51. The van der Waals surface area contributed by atoms with E-state index in [4.69, 9.17) is 9.47 Å². The zero-order valence-corrected chi connectivity index (χ0v) is 33.9. The summed E-state index contributed by atoms with van der Waals surface area (Å²) >= 11 is 0. The van der Waals surface area contributed by atoms with E-state index in [9.17, 15) is 24.3 Å². The number of hydrogen-bond donors (Lipinski definition) is 3. The third-order valence-electron chi connectivity index (χ3n) is 10.6. The number of nitrogens with one attached hydrogen (secondary N) is 2. The first-order valence-corrected chi connectivity index (χ1v) is 18.7. The van der Waals surface area contributed by atoms with Crippen molar-refractivity contribution >= 4 is 23.6 Å². The number of methoxy groups -OCH3 is 2. The Balaban J connectivity index is 2.26. The number of hydrogen-bond acceptors (Lipinski definition) is 8. The predicted octanol–water partition coefficient (Wildman–Crippen LogP) is 3.79. The predicted molar refractivity (Wildman–Crippen MR) is 204 cm³/mol. The van der Waals surface area contributed by atoms with Gasteiger partial charge in [-0.15, -0.1) is 0 Å². The first-order valence-electron chi connectivity index (χ1n) is 18.7. The molecule has 12 nitrogen and oxygen atoms in total. The molecule has 12 heteroatoms. The Kier molecular flexibility index (Phi) is 17.9. The number of rotatable bonds is 19. The minimum atomic E-state index is -0.880. The lowest BCUT2D eigenvalue weighted by molar-refractivity contribution is -0.145. The van der Waals surface area contributed by atoms with Crippen LogP contribution < -0.4 is 10.6 Å². The number of nitrogens with zero attached hydrogens (tertiary/aromatic N) is 3. The normalized spacial score (nSPS) is 19.8. The smallest absolute Gasteiger partial charge is 0.245 e. The van der Waals surface area contributed by atoms with E-state index < -0.39 is 48.4 Å². The highest BCUT2D eigenvalue weighted by Gasteiger charge is 2.43. The lowest BCUT2D eigenvalue weighted by Crippen LogP contribution is -2.59. The van der Waals surface area contributed by atoms with Crippen molar-refractivity contribution in [2.24, 2.45) is 17.8 Å². The molecule has 0 bridgehead atoms. The monoisotopic (exact) mass is 730 g/mol. The molecule has 52 heavy (non-hydrogen) atoms.